The third kappa shape index (κ3) is 3.76. The van der Waals surface area contributed by atoms with Crippen LogP contribution in [-0.4, -0.2) is 12.5 Å². The molecule has 1 N–H and O–H groups in total. The lowest BCUT2D eigenvalue weighted by atomic mass is 10.1. The van der Waals surface area contributed by atoms with Gasteiger partial charge in [0, 0.05) is 5.56 Å². The van der Waals surface area contributed by atoms with Crippen molar-refractivity contribution in [1.29, 1.82) is 0 Å². The molecule has 0 aromatic heterocycles. The number of hydrogen-bond acceptors (Lipinski definition) is 3. The van der Waals surface area contributed by atoms with Crippen LogP contribution in [0.3, 0.4) is 0 Å². The van der Waals surface area contributed by atoms with E-state index in [1.807, 2.05) is 0 Å². The Morgan fingerprint density at radius 1 is 1.16 bits per heavy atom. The van der Waals surface area contributed by atoms with Crippen molar-refractivity contribution in [3.63, 3.8) is 0 Å². The first-order chi connectivity index (χ1) is 11.9. The van der Waals surface area contributed by atoms with Gasteiger partial charge in [-0.05, 0) is 48.4 Å². The van der Waals surface area contributed by atoms with Crippen molar-refractivity contribution in [1.82, 2.24) is 0 Å². The van der Waals surface area contributed by atoms with E-state index in [0.717, 1.165) is 23.3 Å². The largest absolute Gasteiger partial charge is 0.492 e. The molecule has 2 aromatic carbocycles. The van der Waals surface area contributed by atoms with Crippen LogP contribution in [0.5, 0.6) is 5.75 Å². The fourth-order valence-corrected chi connectivity index (χ4v) is 2.59. The molecule has 0 bridgehead atoms. The van der Waals surface area contributed by atoms with Gasteiger partial charge in [0.15, 0.2) is 0 Å². The van der Waals surface area contributed by atoms with Crippen LogP contribution in [0.25, 0.3) is 0 Å². The minimum absolute atomic E-state index is 0.0153. The number of halogens is 3. The Balaban J connectivity index is 1.88. The Morgan fingerprint density at radius 2 is 1.92 bits per heavy atom. The lowest BCUT2D eigenvalue weighted by Crippen LogP contribution is -2.15. The summed E-state index contributed by atoms with van der Waals surface area (Å²) in [6.07, 6.45) is -4.50. The lowest BCUT2D eigenvalue weighted by molar-refractivity contribution is -0.137. The number of benzene rings is 2. The highest BCUT2D eigenvalue weighted by Gasteiger charge is 2.31. The number of rotatable bonds is 4. The van der Waals surface area contributed by atoms with E-state index in [-0.39, 0.29) is 18.0 Å². The summed E-state index contributed by atoms with van der Waals surface area (Å²) < 4.78 is 49.4. The zero-order chi connectivity index (χ0) is 18.0. The van der Waals surface area contributed by atoms with Crippen molar-refractivity contribution >= 4 is 11.6 Å². The number of amides is 1. The van der Waals surface area contributed by atoms with Gasteiger partial charge < -0.3 is 14.8 Å². The summed E-state index contributed by atoms with van der Waals surface area (Å²) in [7, 11) is 0. The second kappa shape index (κ2) is 6.76. The van der Waals surface area contributed by atoms with Crippen molar-refractivity contribution < 1.29 is 27.4 Å². The summed E-state index contributed by atoms with van der Waals surface area (Å²) in [5.74, 6) is -0.316. The maximum absolute atomic E-state index is 12.9. The molecule has 0 fully saturated rings. The average molecular weight is 351 g/mol. The highest BCUT2D eigenvalue weighted by Crippen LogP contribution is 2.35. The van der Waals surface area contributed by atoms with E-state index >= 15 is 0 Å². The van der Waals surface area contributed by atoms with Gasteiger partial charge in [-0.1, -0.05) is 6.07 Å². The number of hydrogen-bond donors (Lipinski definition) is 1. The van der Waals surface area contributed by atoms with Gasteiger partial charge in [0.1, 0.15) is 5.75 Å². The van der Waals surface area contributed by atoms with Gasteiger partial charge >= 0.3 is 6.18 Å². The Hall–Kier alpha value is -2.54. The Morgan fingerprint density at radius 3 is 2.64 bits per heavy atom. The molecule has 1 heterocycles. The van der Waals surface area contributed by atoms with E-state index in [1.165, 1.54) is 6.07 Å². The van der Waals surface area contributed by atoms with Gasteiger partial charge in [-0.25, -0.2) is 0 Å². The molecule has 0 radical (unpaired) electrons. The summed E-state index contributed by atoms with van der Waals surface area (Å²) in [4.78, 5) is 12.4. The molecule has 0 saturated heterocycles. The first-order valence-corrected chi connectivity index (χ1v) is 7.73. The molecule has 3 rings (SSSR count). The lowest BCUT2D eigenvalue weighted by Gasteiger charge is -2.15. The number of carbonyl (C=O) groups excluding carboxylic acids is 1. The van der Waals surface area contributed by atoms with Crippen molar-refractivity contribution in [2.45, 2.75) is 26.3 Å². The van der Waals surface area contributed by atoms with Crippen LogP contribution in [0, 0.1) is 0 Å². The predicted octanol–water partition coefficient (Wildman–Crippen LogP) is 4.39. The van der Waals surface area contributed by atoms with Crippen LogP contribution < -0.4 is 10.1 Å². The number of carbonyl (C=O) groups is 1. The molecule has 1 aliphatic rings. The maximum Gasteiger partial charge on any atom is 0.416 e. The van der Waals surface area contributed by atoms with Gasteiger partial charge in [-0.3, -0.25) is 4.79 Å². The number of alkyl halides is 3. The fraction of sp³-hybridized carbons (Fsp3) is 0.278. The van der Waals surface area contributed by atoms with Crippen molar-refractivity contribution in [2.24, 2.45) is 0 Å². The van der Waals surface area contributed by atoms with E-state index in [1.54, 1.807) is 25.1 Å². The minimum Gasteiger partial charge on any atom is -0.492 e. The number of nitrogens with one attached hydrogen (secondary N) is 1. The first kappa shape index (κ1) is 17.3. The van der Waals surface area contributed by atoms with Crippen LogP contribution in [0.1, 0.15) is 34.0 Å². The second-order valence-corrected chi connectivity index (χ2v) is 5.57. The minimum atomic E-state index is -4.50. The maximum atomic E-state index is 12.9. The summed E-state index contributed by atoms with van der Waals surface area (Å²) in [5.41, 5.74) is 1.39. The van der Waals surface area contributed by atoms with Crippen molar-refractivity contribution in [3.8, 4) is 5.75 Å². The Bertz CT molecular complexity index is 803. The van der Waals surface area contributed by atoms with Gasteiger partial charge in [0.2, 0.25) is 0 Å². The van der Waals surface area contributed by atoms with E-state index in [9.17, 15) is 18.0 Å². The molecule has 0 unspecified atom stereocenters. The summed E-state index contributed by atoms with van der Waals surface area (Å²) >= 11 is 0. The fourth-order valence-electron chi connectivity index (χ4n) is 2.59. The van der Waals surface area contributed by atoms with E-state index in [0.29, 0.717) is 18.8 Å². The van der Waals surface area contributed by atoms with E-state index < -0.39 is 17.6 Å². The quantitative estimate of drug-likeness (QED) is 0.889. The predicted molar refractivity (Wildman–Crippen MR) is 85.5 cm³/mol. The zero-order valence-corrected chi connectivity index (χ0v) is 13.4. The second-order valence-electron chi connectivity index (χ2n) is 5.57. The SMILES string of the molecule is CCOc1ccc(C(F)(F)F)cc1NC(=O)c1ccc2c(c1)COC2. The summed E-state index contributed by atoms with van der Waals surface area (Å²) in [6, 6.07) is 8.10. The first-order valence-electron chi connectivity index (χ1n) is 7.73. The Labute approximate surface area is 142 Å². The zero-order valence-electron chi connectivity index (χ0n) is 13.4. The van der Waals surface area contributed by atoms with Crippen molar-refractivity contribution in [2.75, 3.05) is 11.9 Å². The van der Waals surface area contributed by atoms with Gasteiger partial charge in [0.05, 0.1) is 31.1 Å². The van der Waals surface area contributed by atoms with Crippen LogP contribution in [-0.2, 0) is 24.1 Å². The molecular formula is C18H16F3NO3. The molecule has 25 heavy (non-hydrogen) atoms. The van der Waals surface area contributed by atoms with Crippen LogP contribution >= 0.6 is 0 Å². The summed E-state index contributed by atoms with van der Waals surface area (Å²) in [6.45, 7) is 2.90. The molecular weight excluding hydrogens is 335 g/mol. The van der Waals surface area contributed by atoms with Crippen LogP contribution in [0.2, 0.25) is 0 Å². The van der Waals surface area contributed by atoms with E-state index in [4.69, 9.17) is 9.47 Å². The molecule has 0 spiro atoms. The smallest absolute Gasteiger partial charge is 0.416 e. The van der Waals surface area contributed by atoms with Crippen LogP contribution in [0.15, 0.2) is 36.4 Å². The molecule has 4 nitrogen and oxygen atoms in total. The number of ether oxygens (including phenoxy) is 2. The molecule has 1 aliphatic heterocycles. The molecule has 0 saturated carbocycles. The molecule has 0 atom stereocenters. The number of fused-ring (bicyclic) bond motifs is 1. The van der Waals surface area contributed by atoms with Crippen LogP contribution in [0.4, 0.5) is 18.9 Å². The van der Waals surface area contributed by atoms with Crippen molar-refractivity contribution in [3.05, 3.63) is 58.7 Å². The normalized spacial score (nSPS) is 13.4. The molecule has 2 aromatic rings. The molecule has 132 valence electrons. The third-order valence-electron chi connectivity index (χ3n) is 3.84. The average Bonchev–Trinajstić information content (AvgIpc) is 3.03. The van der Waals surface area contributed by atoms with Gasteiger partial charge in [-0.15, -0.1) is 0 Å². The topological polar surface area (TPSA) is 47.6 Å². The van der Waals surface area contributed by atoms with Gasteiger partial charge in [0.25, 0.3) is 5.91 Å². The number of anilines is 1. The summed E-state index contributed by atoms with van der Waals surface area (Å²) in [5, 5.41) is 2.51. The standard InChI is InChI=1S/C18H16F3NO3/c1-2-25-16-6-5-14(18(19,20)21)8-15(16)22-17(23)11-3-4-12-9-24-10-13(12)7-11/h3-8H,2,9-10H2,1H3,(H,22,23). The highest BCUT2D eigenvalue weighted by molar-refractivity contribution is 6.05. The third-order valence-corrected chi connectivity index (χ3v) is 3.84. The molecule has 0 aliphatic carbocycles. The monoisotopic (exact) mass is 351 g/mol. The Kier molecular flexibility index (Phi) is 4.67. The molecule has 7 heteroatoms. The highest BCUT2D eigenvalue weighted by atomic mass is 19.4. The van der Waals surface area contributed by atoms with Gasteiger partial charge in [-0.2, -0.15) is 13.2 Å². The van der Waals surface area contributed by atoms with E-state index in [2.05, 4.69) is 5.32 Å². The molecule has 1 amide bonds.